The Bertz CT molecular complexity index is 557. The van der Waals surface area contributed by atoms with Gasteiger partial charge in [0.25, 0.3) is 0 Å². The van der Waals surface area contributed by atoms with Gasteiger partial charge in [0.05, 0.1) is 18.5 Å². The molecule has 0 aliphatic rings. The SMILES string of the molecule is CSc1ccccc1NC(=O)NCC(O)c1ccco1. The number of furan rings is 1. The van der Waals surface area contributed by atoms with Crippen molar-refractivity contribution in [1.82, 2.24) is 5.32 Å². The number of hydrogen-bond acceptors (Lipinski definition) is 4. The van der Waals surface area contributed by atoms with Crippen LogP contribution in [0.3, 0.4) is 0 Å². The summed E-state index contributed by atoms with van der Waals surface area (Å²) in [5, 5.41) is 15.1. The Morgan fingerprint density at radius 3 is 2.85 bits per heavy atom. The van der Waals surface area contributed by atoms with Crippen molar-refractivity contribution in [2.45, 2.75) is 11.0 Å². The molecule has 1 aromatic carbocycles. The van der Waals surface area contributed by atoms with E-state index in [-0.39, 0.29) is 12.6 Å². The fourth-order valence-corrected chi connectivity index (χ4v) is 2.24. The number of urea groups is 1. The first-order valence-electron chi connectivity index (χ1n) is 6.10. The van der Waals surface area contributed by atoms with Crippen molar-refractivity contribution in [3.05, 3.63) is 48.4 Å². The third-order valence-electron chi connectivity index (χ3n) is 2.68. The summed E-state index contributed by atoms with van der Waals surface area (Å²) < 4.78 is 5.06. The molecule has 1 atom stereocenters. The normalized spacial score (nSPS) is 11.9. The van der Waals surface area contributed by atoms with E-state index in [4.69, 9.17) is 4.42 Å². The molecule has 0 spiro atoms. The van der Waals surface area contributed by atoms with Crippen molar-refractivity contribution in [2.24, 2.45) is 0 Å². The molecule has 1 unspecified atom stereocenters. The molecule has 6 heteroatoms. The summed E-state index contributed by atoms with van der Waals surface area (Å²) in [6.07, 6.45) is 2.57. The molecule has 2 aromatic rings. The van der Waals surface area contributed by atoms with E-state index < -0.39 is 6.10 Å². The second kappa shape index (κ2) is 7.02. The largest absolute Gasteiger partial charge is 0.467 e. The number of para-hydroxylation sites is 1. The molecule has 0 saturated heterocycles. The average molecular weight is 292 g/mol. The zero-order valence-electron chi connectivity index (χ0n) is 11.0. The zero-order valence-corrected chi connectivity index (χ0v) is 11.8. The number of thioether (sulfide) groups is 1. The van der Waals surface area contributed by atoms with Crippen LogP contribution in [0.15, 0.2) is 52.0 Å². The van der Waals surface area contributed by atoms with Gasteiger partial charge in [-0.2, -0.15) is 0 Å². The Kier molecular flexibility index (Phi) is 5.09. The van der Waals surface area contributed by atoms with Crippen LogP contribution in [0.2, 0.25) is 0 Å². The topological polar surface area (TPSA) is 74.5 Å². The van der Waals surface area contributed by atoms with Gasteiger partial charge in [0.15, 0.2) is 0 Å². The Labute approximate surface area is 121 Å². The molecule has 0 aliphatic carbocycles. The number of rotatable bonds is 5. The van der Waals surface area contributed by atoms with Crippen molar-refractivity contribution in [1.29, 1.82) is 0 Å². The van der Waals surface area contributed by atoms with Crippen molar-refractivity contribution in [2.75, 3.05) is 18.1 Å². The quantitative estimate of drug-likeness (QED) is 0.741. The highest BCUT2D eigenvalue weighted by molar-refractivity contribution is 7.98. The van der Waals surface area contributed by atoms with E-state index in [1.807, 2.05) is 30.5 Å². The van der Waals surface area contributed by atoms with Crippen LogP contribution >= 0.6 is 11.8 Å². The average Bonchev–Trinajstić information content (AvgIpc) is 2.99. The predicted octanol–water partition coefficient (Wildman–Crippen LogP) is 2.86. The van der Waals surface area contributed by atoms with E-state index in [0.29, 0.717) is 5.76 Å². The molecule has 1 heterocycles. The molecule has 0 aliphatic heterocycles. The van der Waals surface area contributed by atoms with Gasteiger partial charge in [0.2, 0.25) is 0 Å². The molecule has 106 valence electrons. The summed E-state index contributed by atoms with van der Waals surface area (Å²) in [7, 11) is 0. The second-order valence-electron chi connectivity index (χ2n) is 4.07. The van der Waals surface area contributed by atoms with Crippen molar-refractivity contribution in [3.8, 4) is 0 Å². The minimum absolute atomic E-state index is 0.0841. The smallest absolute Gasteiger partial charge is 0.319 e. The molecule has 5 nitrogen and oxygen atoms in total. The van der Waals surface area contributed by atoms with Crippen LogP contribution < -0.4 is 10.6 Å². The molecule has 0 fully saturated rings. The summed E-state index contributed by atoms with van der Waals surface area (Å²) in [5.74, 6) is 0.426. The maximum Gasteiger partial charge on any atom is 0.319 e. The third-order valence-corrected chi connectivity index (χ3v) is 3.48. The van der Waals surface area contributed by atoms with Gasteiger partial charge in [-0.25, -0.2) is 4.79 Å². The number of benzene rings is 1. The first-order valence-corrected chi connectivity index (χ1v) is 7.32. The lowest BCUT2D eigenvalue weighted by Crippen LogP contribution is -2.32. The second-order valence-corrected chi connectivity index (χ2v) is 4.91. The molecule has 0 radical (unpaired) electrons. The number of amides is 2. The summed E-state index contributed by atoms with van der Waals surface area (Å²) in [6.45, 7) is 0.0841. The van der Waals surface area contributed by atoms with E-state index in [9.17, 15) is 9.90 Å². The first kappa shape index (κ1) is 14.5. The molecule has 1 aromatic heterocycles. The Balaban J connectivity index is 1.86. The van der Waals surface area contributed by atoms with Gasteiger partial charge in [-0.15, -0.1) is 11.8 Å². The number of anilines is 1. The molecular weight excluding hydrogens is 276 g/mol. The fourth-order valence-electron chi connectivity index (χ4n) is 1.69. The summed E-state index contributed by atoms with van der Waals surface area (Å²) in [4.78, 5) is 12.8. The van der Waals surface area contributed by atoms with Crippen molar-refractivity contribution < 1.29 is 14.3 Å². The minimum atomic E-state index is -0.855. The lowest BCUT2D eigenvalue weighted by Gasteiger charge is -2.12. The number of nitrogens with one attached hydrogen (secondary N) is 2. The Morgan fingerprint density at radius 1 is 1.35 bits per heavy atom. The van der Waals surface area contributed by atoms with Gasteiger partial charge in [-0.05, 0) is 30.5 Å². The van der Waals surface area contributed by atoms with Gasteiger partial charge in [0, 0.05) is 4.90 Å². The first-order chi connectivity index (χ1) is 9.70. The lowest BCUT2D eigenvalue weighted by atomic mass is 10.3. The Hall–Kier alpha value is -1.92. The van der Waals surface area contributed by atoms with Crippen LogP contribution in [-0.2, 0) is 0 Å². The molecule has 3 N–H and O–H groups in total. The number of aliphatic hydroxyl groups is 1. The predicted molar refractivity (Wildman–Crippen MR) is 78.9 cm³/mol. The number of aliphatic hydroxyl groups excluding tert-OH is 1. The standard InChI is InChI=1S/C14H16N2O3S/c1-20-13-7-3-2-5-10(13)16-14(18)15-9-11(17)12-6-4-8-19-12/h2-8,11,17H,9H2,1H3,(H2,15,16,18). The van der Waals surface area contributed by atoms with E-state index in [1.54, 1.807) is 23.9 Å². The maximum absolute atomic E-state index is 11.8. The van der Waals surface area contributed by atoms with E-state index in [2.05, 4.69) is 10.6 Å². The van der Waals surface area contributed by atoms with Crippen LogP contribution in [-0.4, -0.2) is 23.9 Å². The van der Waals surface area contributed by atoms with Gasteiger partial charge in [-0.3, -0.25) is 0 Å². The number of hydrogen-bond donors (Lipinski definition) is 3. The van der Waals surface area contributed by atoms with Gasteiger partial charge >= 0.3 is 6.03 Å². The number of carbonyl (C=O) groups is 1. The lowest BCUT2D eigenvalue weighted by molar-refractivity contribution is 0.149. The highest BCUT2D eigenvalue weighted by atomic mass is 32.2. The highest BCUT2D eigenvalue weighted by Gasteiger charge is 2.12. The van der Waals surface area contributed by atoms with Crippen LogP contribution in [0.5, 0.6) is 0 Å². The van der Waals surface area contributed by atoms with Crippen LogP contribution in [0, 0.1) is 0 Å². The van der Waals surface area contributed by atoms with E-state index in [0.717, 1.165) is 10.6 Å². The van der Waals surface area contributed by atoms with Gasteiger partial charge in [0.1, 0.15) is 11.9 Å². The van der Waals surface area contributed by atoms with Crippen molar-refractivity contribution >= 4 is 23.5 Å². The fraction of sp³-hybridized carbons (Fsp3) is 0.214. The van der Waals surface area contributed by atoms with Crippen molar-refractivity contribution in [3.63, 3.8) is 0 Å². The van der Waals surface area contributed by atoms with Gasteiger partial charge < -0.3 is 20.2 Å². The van der Waals surface area contributed by atoms with Crippen LogP contribution in [0.4, 0.5) is 10.5 Å². The molecule has 0 saturated carbocycles. The van der Waals surface area contributed by atoms with E-state index >= 15 is 0 Å². The summed E-state index contributed by atoms with van der Waals surface area (Å²) >= 11 is 1.55. The van der Waals surface area contributed by atoms with Crippen LogP contribution in [0.1, 0.15) is 11.9 Å². The minimum Gasteiger partial charge on any atom is -0.467 e. The maximum atomic E-state index is 11.8. The molecule has 2 amide bonds. The monoisotopic (exact) mass is 292 g/mol. The summed E-state index contributed by atoms with van der Waals surface area (Å²) in [6, 6.07) is 10.5. The third kappa shape index (κ3) is 3.79. The van der Waals surface area contributed by atoms with E-state index in [1.165, 1.54) is 6.26 Å². The molecule has 0 bridgehead atoms. The van der Waals surface area contributed by atoms with Crippen LogP contribution in [0.25, 0.3) is 0 Å². The Morgan fingerprint density at radius 2 is 2.15 bits per heavy atom. The molecule has 20 heavy (non-hydrogen) atoms. The molecular formula is C14H16N2O3S. The number of carbonyl (C=O) groups excluding carboxylic acids is 1. The highest BCUT2D eigenvalue weighted by Crippen LogP contribution is 2.24. The van der Waals surface area contributed by atoms with Gasteiger partial charge in [-0.1, -0.05) is 12.1 Å². The zero-order chi connectivity index (χ0) is 14.4. The molecule has 2 rings (SSSR count). The summed E-state index contributed by atoms with van der Waals surface area (Å²) in [5.41, 5.74) is 0.741.